The van der Waals surface area contributed by atoms with Gasteiger partial charge in [0.2, 0.25) is 0 Å². The summed E-state index contributed by atoms with van der Waals surface area (Å²) in [5.74, 6) is 0.0148. The summed E-state index contributed by atoms with van der Waals surface area (Å²) in [4.78, 5) is 0.0968. The van der Waals surface area contributed by atoms with Crippen molar-refractivity contribution in [1.29, 1.82) is 0 Å². The topological polar surface area (TPSA) is 46.2 Å². The predicted octanol–water partition coefficient (Wildman–Crippen LogP) is 2.38. The predicted molar refractivity (Wildman–Crippen MR) is 67.1 cm³/mol. The summed E-state index contributed by atoms with van der Waals surface area (Å²) in [5.41, 5.74) is 0. The second-order valence-corrected chi connectivity index (χ2v) is 6.17. The van der Waals surface area contributed by atoms with E-state index in [0.29, 0.717) is 11.6 Å². The maximum absolute atomic E-state index is 11.9. The van der Waals surface area contributed by atoms with Gasteiger partial charge in [-0.1, -0.05) is 30.1 Å². The van der Waals surface area contributed by atoms with Crippen LogP contribution in [0.15, 0.2) is 23.1 Å². The molecule has 1 aromatic carbocycles. The molecular formula is C10H13Cl2NO2S. The Kier molecular flexibility index (Phi) is 5.05. The van der Waals surface area contributed by atoms with Crippen LogP contribution in [0.25, 0.3) is 0 Å². The molecule has 90 valence electrons. The maximum Gasteiger partial charge on any atom is 0.181 e. The van der Waals surface area contributed by atoms with Crippen molar-refractivity contribution in [3.8, 4) is 0 Å². The van der Waals surface area contributed by atoms with E-state index in [9.17, 15) is 8.42 Å². The molecule has 1 aromatic rings. The van der Waals surface area contributed by atoms with Gasteiger partial charge in [-0.15, -0.1) is 0 Å². The van der Waals surface area contributed by atoms with Gasteiger partial charge in [-0.05, 0) is 24.7 Å². The fourth-order valence-corrected chi connectivity index (χ4v) is 3.22. The van der Waals surface area contributed by atoms with Gasteiger partial charge in [0.1, 0.15) is 0 Å². The van der Waals surface area contributed by atoms with Crippen molar-refractivity contribution in [3.63, 3.8) is 0 Å². The molecule has 0 spiro atoms. The van der Waals surface area contributed by atoms with Gasteiger partial charge in [0.25, 0.3) is 0 Å². The van der Waals surface area contributed by atoms with Crippen LogP contribution in [-0.4, -0.2) is 27.3 Å². The molecule has 0 heterocycles. The van der Waals surface area contributed by atoms with Crippen LogP contribution in [0.2, 0.25) is 10.0 Å². The van der Waals surface area contributed by atoms with Crippen molar-refractivity contribution in [2.24, 2.45) is 0 Å². The molecule has 0 bridgehead atoms. The Hall–Kier alpha value is -0.290. The van der Waals surface area contributed by atoms with Crippen molar-refractivity contribution in [3.05, 3.63) is 28.2 Å². The van der Waals surface area contributed by atoms with Gasteiger partial charge in [0.05, 0.1) is 15.7 Å². The lowest BCUT2D eigenvalue weighted by Crippen LogP contribution is -2.22. The molecule has 6 heteroatoms. The SMILES string of the molecule is CCNCCS(=O)(=O)c1cc(Cl)ccc1Cl. The lowest BCUT2D eigenvalue weighted by Gasteiger charge is -2.07. The molecule has 1 N–H and O–H groups in total. The molecule has 0 aliphatic heterocycles. The van der Waals surface area contributed by atoms with E-state index in [0.717, 1.165) is 6.54 Å². The van der Waals surface area contributed by atoms with E-state index in [1.807, 2.05) is 6.92 Å². The van der Waals surface area contributed by atoms with Gasteiger partial charge in [-0.2, -0.15) is 0 Å². The zero-order chi connectivity index (χ0) is 12.2. The maximum atomic E-state index is 11.9. The first-order valence-corrected chi connectivity index (χ1v) is 7.26. The van der Waals surface area contributed by atoms with Crippen LogP contribution < -0.4 is 5.32 Å². The number of rotatable bonds is 5. The van der Waals surface area contributed by atoms with E-state index in [-0.39, 0.29) is 15.7 Å². The Morgan fingerprint density at radius 2 is 2.00 bits per heavy atom. The van der Waals surface area contributed by atoms with Gasteiger partial charge in [-0.25, -0.2) is 8.42 Å². The molecule has 0 fully saturated rings. The molecule has 3 nitrogen and oxygen atoms in total. The van der Waals surface area contributed by atoms with E-state index in [1.54, 1.807) is 6.07 Å². The molecular weight excluding hydrogens is 269 g/mol. The zero-order valence-electron chi connectivity index (χ0n) is 8.83. The monoisotopic (exact) mass is 281 g/mol. The smallest absolute Gasteiger partial charge is 0.181 e. The third-order valence-corrected chi connectivity index (χ3v) is 4.45. The molecule has 0 amide bonds. The average molecular weight is 282 g/mol. The quantitative estimate of drug-likeness (QED) is 0.843. The first kappa shape index (κ1) is 13.8. The summed E-state index contributed by atoms with van der Waals surface area (Å²) < 4.78 is 23.8. The number of nitrogens with one attached hydrogen (secondary N) is 1. The third-order valence-electron chi connectivity index (χ3n) is 2.03. The fraction of sp³-hybridized carbons (Fsp3) is 0.400. The largest absolute Gasteiger partial charge is 0.316 e. The Morgan fingerprint density at radius 1 is 1.31 bits per heavy atom. The first-order chi connectivity index (χ1) is 7.47. The van der Waals surface area contributed by atoms with Crippen molar-refractivity contribution >= 4 is 33.0 Å². The summed E-state index contributed by atoms with van der Waals surface area (Å²) in [6.07, 6.45) is 0. The lowest BCUT2D eigenvalue weighted by atomic mass is 10.4. The number of hydrogen-bond acceptors (Lipinski definition) is 3. The second-order valence-electron chi connectivity index (χ2n) is 3.25. The Bertz CT molecular complexity index is 460. The Morgan fingerprint density at radius 3 is 2.62 bits per heavy atom. The highest BCUT2D eigenvalue weighted by Crippen LogP contribution is 2.25. The minimum absolute atomic E-state index is 0.0148. The number of sulfone groups is 1. The van der Waals surface area contributed by atoms with Crippen molar-refractivity contribution in [1.82, 2.24) is 5.32 Å². The summed E-state index contributed by atoms with van der Waals surface area (Å²) >= 11 is 11.6. The van der Waals surface area contributed by atoms with Gasteiger partial charge >= 0.3 is 0 Å². The number of benzene rings is 1. The average Bonchev–Trinajstić information content (AvgIpc) is 2.22. The molecule has 0 aliphatic carbocycles. The lowest BCUT2D eigenvalue weighted by molar-refractivity contribution is 0.592. The van der Waals surface area contributed by atoms with Crippen LogP contribution >= 0.6 is 23.2 Å². The molecule has 16 heavy (non-hydrogen) atoms. The Balaban J connectivity index is 2.93. The van der Waals surface area contributed by atoms with Gasteiger partial charge in [-0.3, -0.25) is 0 Å². The number of halogens is 2. The summed E-state index contributed by atoms with van der Waals surface area (Å²) in [7, 11) is -3.36. The molecule has 1 rings (SSSR count). The van der Waals surface area contributed by atoms with E-state index in [2.05, 4.69) is 5.32 Å². The summed E-state index contributed by atoms with van der Waals surface area (Å²) in [5, 5.41) is 3.53. The van der Waals surface area contributed by atoms with Crippen LogP contribution in [0.1, 0.15) is 6.92 Å². The molecule has 0 aliphatic rings. The van der Waals surface area contributed by atoms with Crippen LogP contribution in [0, 0.1) is 0 Å². The normalized spacial score (nSPS) is 11.7. The van der Waals surface area contributed by atoms with Crippen LogP contribution in [0.3, 0.4) is 0 Å². The van der Waals surface area contributed by atoms with E-state index in [4.69, 9.17) is 23.2 Å². The molecule has 0 radical (unpaired) electrons. The highest BCUT2D eigenvalue weighted by molar-refractivity contribution is 7.91. The van der Waals surface area contributed by atoms with Crippen LogP contribution in [-0.2, 0) is 9.84 Å². The minimum atomic E-state index is -3.36. The second kappa shape index (κ2) is 5.87. The third kappa shape index (κ3) is 3.63. The molecule has 0 aromatic heterocycles. The summed E-state index contributed by atoms with van der Waals surface area (Å²) in [6, 6.07) is 4.43. The van der Waals surface area contributed by atoms with E-state index >= 15 is 0 Å². The molecule has 0 atom stereocenters. The van der Waals surface area contributed by atoms with Crippen molar-refractivity contribution in [2.75, 3.05) is 18.8 Å². The van der Waals surface area contributed by atoms with Crippen molar-refractivity contribution < 1.29 is 8.42 Å². The van der Waals surface area contributed by atoms with Gasteiger partial charge in [0, 0.05) is 11.6 Å². The standard InChI is InChI=1S/C10H13Cl2NO2S/c1-2-13-5-6-16(14,15)10-7-8(11)3-4-9(10)12/h3-4,7,13H,2,5-6H2,1H3. The Labute approximate surface area is 106 Å². The molecule has 0 saturated heterocycles. The molecule has 0 unspecified atom stereocenters. The fourth-order valence-electron chi connectivity index (χ4n) is 1.21. The zero-order valence-corrected chi connectivity index (χ0v) is 11.2. The molecule has 0 saturated carbocycles. The highest BCUT2D eigenvalue weighted by Gasteiger charge is 2.17. The first-order valence-electron chi connectivity index (χ1n) is 4.86. The van der Waals surface area contributed by atoms with E-state index in [1.165, 1.54) is 12.1 Å². The minimum Gasteiger partial charge on any atom is -0.316 e. The van der Waals surface area contributed by atoms with Crippen LogP contribution in [0.5, 0.6) is 0 Å². The number of hydrogen-bond donors (Lipinski definition) is 1. The van der Waals surface area contributed by atoms with Crippen molar-refractivity contribution in [2.45, 2.75) is 11.8 Å². The highest BCUT2D eigenvalue weighted by atomic mass is 35.5. The van der Waals surface area contributed by atoms with E-state index < -0.39 is 9.84 Å². The summed E-state index contributed by atoms with van der Waals surface area (Å²) in [6.45, 7) is 3.06. The van der Waals surface area contributed by atoms with Gasteiger partial charge < -0.3 is 5.32 Å². The van der Waals surface area contributed by atoms with Crippen LogP contribution in [0.4, 0.5) is 0 Å². The van der Waals surface area contributed by atoms with Gasteiger partial charge in [0.15, 0.2) is 9.84 Å².